The minimum Gasteiger partial charge on any atom is -0.388 e. The molecule has 1 aromatic carbocycles. The number of ether oxygens (including phenoxy) is 1. The molecule has 3 rings (SSSR count). The van der Waals surface area contributed by atoms with Crippen molar-refractivity contribution in [3.63, 3.8) is 0 Å². The first-order valence-corrected chi connectivity index (χ1v) is 8.53. The molecule has 4 nitrogen and oxygen atoms in total. The van der Waals surface area contributed by atoms with Gasteiger partial charge in [0, 0.05) is 45.2 Å². The topological polar surface area (TPSA) is 44.7 Å². The first-order valence-electron chi connectivity index (χ1n) is 8.53. The Kier molecular flexibility index (Phi) is 5.47. The average Bonchev–Trinajstić information content (AvgIpc) is 2.56. The minimum absolute atomic E-state index is 0.541. The van der Waals surface area contributed by atoms with Crippen molar-refractivity contribution in [3.8, 4) is 0 Å². The lowest BCUT2D eigenvalue weighted by Crippen LogP contribution is -2.50. The van der Waals surface area contributed by atoms with Gasteiger partial charge in [-0.05, 0) is 31.5 Å². The Labute approximate surface area is 133 Å². The van der Waals surface area contributed by atoms with Gasteiger partial charge in [-0.1, -0.05) is 30.3 Å². The van der Waals surface area contributed by atoms with Crippen molar-refractivity contribution in [2.45, 2.75) is 43.9 Å². The molecule has 2 saturated heterocycles. The van der Waals surface area contributed by atoms with Crippen LogP contribution >= 0.6 is 0 Å². The van der Waals surface area contributed by atoms with Crippen LogP contribution in [0.3, 0.4) is 0 Å². The summed E-state index contributed by atoms with van der Waals surface area (Å²) in [5.74, 6) is 0. The van der Waals surface area contributed by atoms with E-state index in [9.17, 15) is 5.11 Å². The average molecular weight is 304 g/mol. The predicted octanol–water partition coefficient (Wildman–Crippen LogP) is 1.78. The van der Waals surface area contributed by atoms with Crippen LogP contribution < -0.4 is 5.32 Å². The minimum atomic E-state index is -0.556. The Morgan fingerprint density at radius 2 is 1.82 bits per heavy atom. The van der Waals surface area contributed by atoms with Gasteiger partial charge in [0.05, 0.1) is 5.60 Å². The van der Waals surface area contributed by atoms with Crippen LogP contribution in [-0.4, -0.2) is 54.5 Å². The van der Waals surface area contributed by atoms with Gasteiger partial charge >= 0.3 is 0 Å². The predicted molar refractivity (Wildman–Crippen MR) is 87.7 cm³/mol. The van der Waals surface area contributed by atoms with Crippen molar-refractivity contribution >= 4 is 0 Å². The number of aliphatic hydroxyl groups is 1. The van der Waals surface area contributed by atoms with E-state index in [1.54, 1.807) is 0 Å². The molecule has 1 aromatic rings. The third-order valence-electron chi connectivity index (χ3n) is 4.98. The number of hydrogen-bond donors (Lipinski definition) is 2. The van der Waals surface area contributed by atoms with Crippen molar-refractivity contribution in [1.29, 1.82) is 0 Å². The number of rotatable bonds is 5. The normalized spacial score (nSPS) is 23.5. The van der Waals surface area contributed by atoms with Crippen LogP contribution in [0, 0.1) is 0 Å². The molecule has 0 amide bonds. The van der Waals surface area contributed by atoms with E-state index < -0.39 is 5.60 Å². The van der Waals surface area contributed by atoms with Gasteiger partial charge in [0.2, 0.25) is 0 Å². The fourth-order valence-electron chi connectivity index (χ4n) is 3.40. The quantitative estimate of drug-likeness (QED) is 0.870. The highest BCUT2D eigenvalue weighted by atomic mass is 16.5. The van der Waals surface area contributed by atoms with E-state index in [2.05, 4.69) is 40.5 Å². The second-order valence-electron chi connectivity index (χ2n) is 6.75. The summed E-state index contributed by atoms with van der Waals surface area (Å²) in [5, 5.41) is 14.1. The van der Waals surface area contributed by atoms with Crippen LogP contribution in [0.5, 0.6) is 0 Å². The molecule has 2 aliphatic heterocycles. The molecule has 2 fully saturated rings. The summed E-state index contributed by atoms with van der Waals surface area (Å²) >= 11 is 0. The summed E-state index contributed by atoms with van der Waals surface area (Å²) < 4.78 is 5.33. The largest absolute Gasteiger partial charge is 0.388 e. The first-order chi connectivity index (χ1) is 10.7. The second-order valence-corrected chi connectivity index (χ2v) is 6.75. The van der Waals surface area contributed by atoms with Crippen LogP contribution in [0.15, 0.2) is 30.3 Å². The van der Waals surface area contributed by atoms with Crippen molar-refractivity contribution < 1.29 is 9.84 Å². The summed E-state index contributed by atoms with van der Waals surface area (Å²) in [6, 6.07) is 11.2. The Bertz CT molecular complexity index is 438. The van der Waals surface area contributed by atoms with Gasteiger partial charge in [-0.15, -0.1) is 0 Å². The third-order valence-corrected chi connectivity index (χ3v) is 4.98. The highest BCUT2D eigenvalue weighted by Gasteiger charge is 2.30. The Hall–Kier alpha value is -0.940. The van der Waals surface area contributed by atoms with Crippen molar-refractivity contribution in [2.75, 3.05) is 32.8 Å². The SMILES string of the molecule is OC1(CNC2CCN(Cc3ccccc3)CC2)CCOCC1. The summed E-state index contributed by atoms with van der Waals surface area (Å²) in [7, 11) is 0. The number of likely N-dealkylation sites (tertiary alicyclic amines) is 1. The zero-order valence-corrected chi connectivity index (χ0v) is 13.3. The molecule has 2 heterocycles. The van der Waals surface area contributed by atoms with E-state index >= 15 is 0 Å². The van der Waals surface area contributed by atoms with Crippen molar-refractivity contribution in [2.24, 2.45) is 0 Å². The standard InChI is InChI=1S/C18H28N2O2/c21-18(8-12-22-13-9-18)15-19-17-6-10-20(11-7-17)14-16-4-2-1-3-5-16/h1-5,17,19,21H,6-15H2. The molecule has 0 atom stereocenters. The Morgan fingerprint density at radius 1 is 1.14 bits per heavy atom. The molecule has 0 aliphatic carbocycles. The van der Waals surface area contributed by atoms with Gasteiger partial charge in [-0.2, -0.15) is 0 Å². The van der Waals surface area contributed by atoms with Crippen LogP contribution in [0.1, 0.15) is 31.2 Å². The van der Waals surface area contributed by atoms with E-state index in [-0.39, 0.29) is 0 Å². The molecule has 22 heavy (non-hydrogen) atoms. The lowest BCUT2D eigenvalue weighted by atomic mass is 9.93. The van der Waals surface area contributed by atoms with E-state index in [1.807, 2.05) is 0 Å². The molecule has 0 saturated carbocycles. The molecule has 4 heteroatoms. The molecule has 0 spiro atoms. The van der Waals surface area contributed by atoms with E-state index in [1.165, 1.54) is 18.4 Å². The monoisotopic (exact) mass is 304 g/mol. The lowest BCUT2D eigenvalue weighted by molar-refractivity contribution is -0.0635. The van der Waals surface area contributed by atoms with Gasteiger partial charge in [0.25, 0.3) is 0 Å². The number of piperidine rings is 1. The lowest BCUT2D eigenvalue weighted by Gasteiger charge is -2.36. The van der Waals surface area contributed by atoms with E-state index in [0.29, 0.717) is 25.8 Å². The van der Waals surface area contributed by atoms with E-state index in [0.717, 1.165) is 32.5 Å². The zero-order valence-electron chi connectivity index (χ0n) is 13.3. The molecule has 0 unspecified atom stereocenters. The summed E-state index contributed by atoms with van der Waals surface area (Å²) in [6.45, 7) is 5.40. The fourth-order valence-corrected chi connectivity index (χ4v) is 3.40. The molecule has 122 valence electrons. The summed E-state index contributed by atoms with van der Waals surface area (Å²) in [5.41, 5.74) is 0.838. The van der Waals surface area contributed by atoms with Crippen LogP contribution in [-0.2, 0) is 11.3 Å². The van der Waals surface area contributed by atoms with Crippen LogP contribution in [0.25, 0.3) is 0 Å². The maximum atomic E-state index is 10.5. The van der Waals surface area contributed by atoms with Crippen LogP contribution in [0.2, 0.25) is 0 Å². The van der Waals surface area contributed by atoms with Gasteiger partial charge < -0.3 is 15.2 Å². The molecular weight excluding hydrogens is 276 g/mol. The molecule has 2 aliphatic rings. The Morgan fingerprint density at radius 3 is 2.50 bits per heavy atom. The van der Waals surface area contributed by atoms with Gasteiger partial charge in [-0.25, -0.2) is 0 Å². The smallest absolute Gasteiger partial charge is 0.0815 e. The third kappa shape index (κ3) is 4.53. The maximum absolute atomic E-state index is 10.5. The molecule has 0 radical (unpaired) electrons. The maximum Gasteiger partial charge on any atom is 0.0815 e. The van der Waals surface area contributed by atoms with E-state index in [4.69, 9.17) is 4.74 Å². The summed E-state index contributed by atoms with van der Waals surface area (Å²) in [6.07, 6.45) is 3.85. The van der Waals surface area contributed by atoms with Gasteiger partial charge in [0.1, 0.15) is 0 Å². The number of nitrogens with one attached hydrogen (secondary N) is 1. The van der Waals surface area contributed by atoms with Crippen molar-refractivity contribution in [3.05, 3.63) is 35.9 Å². The molecular formula is C18H28N2O2. The van der Waals surface area contributed by atoms with Gasteiger partial charge in [0.15, 0.2) is 0 Å². The molecule has 0 bridgehead atoms. The highest BCUT2D eigenvalue weighted by Crippen LogP contribution is 2.21. The second kappa shape index (κ2) is 7.55. The Balaban J connectivity index is 1.38. The zero-order chi connectivity index (χ0) is 15.3. The van der Waals surface area contributed by atoms with Crippen LogP contribution in [0.4, 0.5) is 0 Å². The first kappa shape index (κ1) is 15.9. The highest BCUT2D eigenvalue weighted by molar-refractivity contribution is 5.14. The summed E-state index contributed by atoms with van der Waals surface area (Å²) in [4.78, 5) is 2.52. The number of nitrogens with zero attached hydrogens (tertiary/aromatic N) is 1. The number of hydrogen-bond acceptors (Lipinski definition) is 4. The number of benzene rings is 1. The molecule has 0 aromatic heterocycles. The van der Waals surface area contributed by atoms with Gasteiger partial charge in [-0.3, -0.25) is 4.90 Å². The van der Waals surface area contributed by atoms with Crippen molar-refractivity contribution in [1.82, 2.24) is 10.2 Å². The molecule has 2 N–H and O–H groups in total. The fraction of sp³-hybridized carbons (Fsp3) is 0.667.